The standard InChI is InChI=1S/C30H35FN2O/c31-28-19-17-27(18-20-28)23-32-21-22-33(30(34)24-32)29(15-7-13-25-9-3-1-4-10-25)16-8-14-26-11-5-2-6-12-26/h1-6,9-12,17-20,29H,7-8,13-16,21-24H2. The van der Waals surface area contributed by atoms with Crippen molar-refractivity contribution in [2.45, 2.75) is 51.1 Å². The summed E-state index contributed by atoms with van der Waals surface area (Å²) in [7, 11) is 0. The first-order valence-electron chi connectivity index (χ1n) is 12.5. The highest BCUT2D eigenvalue weighted by atomic mass is 19.1. The topological polar surface area (TPSA) is 23.6 Å². The van der Waals surface area contributed by atoms with E-state index in [2.05, 4.69) is 70.5 Å². The first-order valence-corrected chi connectivity index (χ1v) is 12.5. The predicted molar refractivity (Wildman–Crippen MR) is 136 cm³/mol. The maximum atomic E-state index is 13.2. The second-order valence-electron chi connectivity index (χ2n) is 9.33. The molecule has 3 aromatic rings. The van der Waals surface area contributed by atoms with Crippen LogP contribution in [0.3, 0.4) is 0 Å². The Labute approximate surface area is 203 Å². The van der Waals surface area contributed by atoms with Crippen LogP contribution in [-0.4, -0.2) is 41.4 Å². The van der Waals surface area contributed by atoms with E-state index in [0.717, 1.165) is 57.2 Å². The van der Waals surface area contributed by atoms with Gasteiger partial charge in [0.2, 0.25) is 5.91 Å². The molecule has 1 fully saturated rings. The van der Waals surface area contributed by atoms with Crippen LogP contribution in [0.1, 0.15) is 42.4 Å². The Morgan fingerprint density at radius 2 is 1.26 bits per heavy atom. The third-order valence-electron chi connectivity index (χ3n) is 6.79. The summed E-state index contributed by atoms with van der Waals surface area (Å²) in [5.41, 5.74) is 3.77. The number of benzene rings is 3. The molecule has 0 spiro atoms. The van der Waals surface area contributed by atoms with Gasteiger partial charge in [-0.25, -0.2) is 4.39 Å². The zero-order valence-electron chi connectivity index (χ0n) is 19.9. The average molecular weight is 459 g/mol. The molecule has 0 unspecified atom stereocenters. The molecule has 0 N–H and O–H groups in total. The first-order chi connectivity index (χ1) is 16.7. The molecule has 178 valence electrons. The van der Waals surface area contributed by atoms with E-state index in [4.69, 9.17) is 0 Å². The molecular weight excluding hydrogens is 423 g/mol. The second kappa shape index (κ2) is 12.5. The van der Waals surface area contributed by atoms with Gasteiger partial charge in [-0.3, -0.25) is 9.69 Å². The average Bonchev–Trinajstić information content (AvgIpc) is 2.86. The molecule has 1 amide bonds. The quantitative estimate of drug-likeness (QED) is 0.358. The van der Waals surface area contributed by atoms with Gasteiger partial charge in [0, 0.05) is 25.7 Å². The van der Waals surface area contributed by atoms with E-state index in [1.807, 2.05) is 12.1 Å². The van der Waals surface area contributed by atoms with Crippen LogP contribution in [0.2, 0.25) is 0 Å². The lowest BCUT2D eigenvalue weighted by Crippen LogP contribution is -2.53. The first kappa shape index (κ1) is 24.2. The van der Waals surface area contributed by atoms with Crippen molar-refractivity contribution in [1.29, 1.82) is 0 Å². The van der Waals surface area contributed by atoms with Gasteiger partial charge in [-0.05, 0) is 67.3 Å². The number of aryl methyl sites for hydroxylation is 2. The molecule has 0 aliphatic carbocycles. The van der Waals surface area contributed by atoms with Gasteiger partial charge in [-0.2, -0.15) is 0 Å². The Morgan fingerprint density at radius 1 is 0.706 bits per heavy atom. The minimum atomic E-state index is -0.224. The molecule has 4 heteroatoms. The molecule has 1 aliphatic heterocycles. The monoisotopic (exact) mass is 458 g/mol. The van der Waals surface area contributed by atoms with E-state index in [-0.39, 0.29) is 17.8 Å². The van der Waals surface area contributed by atoms with Gasteiger partial charge >= 0.3 is 0 Å². The lowest BCUT2D eigenvalue weighted by atomic mass is 9.97. The maximum Gasteiger partial charge on any atom is 0.237 e. The summed E-state index contributed by atoms with van der Waals surface area (Å²) in [5, 5.41) is 0. The van der Waals surface area contributed by atoms with E-state index >= 15 is 0 Å². The fourth-order valence-electron chi connectivity index (χ4n) is 4.93. The van der Waals surface area contributed by atoms with Crippen molar-refractivity contribution in [2.75, 3.05) is 19.6 Å². The van der Waals surface area contributed by atoms with E-state index in [0.29, 0.717) is 13.1 Å². The molecule has 1 aliphatic rings. The van der Waals surface area contributed by atoms with Gasteiger partial charge in [-0.15, -0.1) is 0 Å². The Bertz CT molecular complexity index is 961. The molecule has 1 saturated heterocycles. The highest BCUT2D eigenvalue weighted by Crippen LogP contribution is 2.21. The predicted octanol–water partition coefficient (Wildman–Crippen LogP) is 5.88. The van der Waals surface area contributed by atoms with E-state index < -0.39 is 0 Å². The van der Waals surface area contributed by atoms with Crippen molar-refractivity contribution in [2.24, 2.45) is 0 Å². The molecule has 34 heavy (non-hydrogen) atoms. The summed E-state index contributed by atoms with van der Waals surface area (Å²) in [5.74, 6) is -0.00345. The van der Waals surface area contributed by atoms with Crippen LogP contribution in [0.4, 0.5) is 4.39 Å². The minimum Gasteiger partial charge on any atom is -0.337 e. The van der Waals surface area contributed by atoms with Gasteiger partial charge in [0.1, 0.15) is 5.82 Å². The third kappa shape index (κ3) is 7.26. The number of piperazine rings is 1. The van der Waals surface area contributed by atoms with Gasteiger partial charge < -0.3 is 4.90 Å². The number of hydrogen-bond acceptors (Lipinski definition) is 2. The second-order valence-corrected chi connectivity index (χ2v) is 9.33. The lowest BCUT2D eigenvalue weighted by molar-refractivity contribution is -0.139. The summed E-state index contributed by atoms with van der Waals surface area (Å²) in [6.07, 6.45) is 6.34. The van der Waals surface area contributed by atoms with Crippen LogP contribution >= 0.6 is 0 Å². The maximum absolute atomic E-state index is 13.2. The molecule has 0 saturated carbocycles. The zero-order valence-corrected chi connectivity index (χ0v) is 19.9. The van der Waals surface area contributed by atoms with Gasteiger partial charge in [0.15, 0.2) is 0 Å². The Morgan fingerprint density at radius 3 is 1.79 bits per heavy atom. The number of carbonyl (C=O) groups is 1. The van der Waals surface area contributed by atoms with Crippen molar-refractivity contribution in [3.05, 3.63) is 107 Å². The zero-order chi connectivity index (χ0) is 23.6. The van der Waals surface area contributed by atoms with E-state index in [1.54, 1.807) is 0 Å². The molecule has 3 nitrogen and oxygen atoms in total. The van der Waals surface area contributed by atoms with Crippen LogP contribution in [0.5, 0.6) is 0 Å². The van der Waals surface area contributed by atoms with Crippen molar-refractivity contribution < 1.29 is 9.18 Å². The number of halogens is 1. The number of carbonyl (C=O) groups excluding carboxylic acids is 1. The minimum absolute atomic E-state index is 0.220. The SMILES string of the molecule is O=C1CN(Cc2ccc(F)cc2)CCN1C(CCCc1ccccc1)CCCc1ccccc1. The molecule has 0 radical (unpaired) electrons. The molecule has 3 aromatic carbocycles. The van der Waals surface area contributed by atoms with Gasteiger partial charge in [0.05, 0.1) is 6.54 Å². The van der Waals surface area contributed by atoms with E-state index in [1.165, 1.54) is 23.3 Å². The Hall–Kier alpha value is -2.98. The van der Waals surface area contributed by atoms with Gasteiger partial charge in [-0.1, -0.05) is 72.8 Å². The number of rotatable bonds is 11. The van der Waals surface area contributed by atoms with Crippen LogP contribution in [0.25, 0.3) is 0 Å². The molecule has 0 bridgehead atoms. The highest BCUT2D eigenvalue weighted by molar-refractivity contribution is 5.79. The summed E-state index contributed by atoms with van der Waals surface area (Å²) >= 11 is 0. The van der Waals surface area contributed by atoms with Crippen molar-refractivity contribution in [1.82, 2.24) is 9.80 Å². The molecular formula is C30H35FN2O. The van der Waals surface area contributed by atoms with Crippen LogP contribution in [0, 0.1) is 5.82 Å². The molecule has 0 aromatic heterocycles. The fraction of sp³-hybridized carbons (Fsp3) is 0.367. The smallest absolute Gasteiger partial charge is 0.237 e. The highest BCUT2D eigenvalue weighted by Gasteiger charge is 2.29. The normalized spacial score (nSPS) is 14.6. The van der Waals surface area contributed by atoms with Crippen LogP contribution in [-0.2, 0) is 24.2 Å². The van der Waals surface area contributed by atoms with Crippen LogP contribution in [0.15, 0.2) is 84.9 Å². The van der Waals surface area contributed by atoms with Crippen LogP contribution < -0.4 is 0 Å². The summed E-state index contributed by atoms with van der Waals surface area (Å²) < 4.78 is 13.2. The summed E-state index contributed by atoms with van der Waals surface area (Å²) in [6, 6.07) is 28.1. The third-order valence-corrected chi connectivity index (χ3v) is 6.79. The van der Waals surface area contributed by atoms with Gasteiger partial charge in [0.25, 0.3) is 0 Å². The summed E-state index contributed by atoms with van der Waals surface area (Å²) in [4.78, 5) is 17.5. The van der Waals surface area contributed by atoms with Crippen molar-refractivity contribution >= 4 is 5.91 Å². The molecule has 1 heterocycles. The Kier molecular flexibility index (Phi) is 8.86. The lowest BCUT2D eigenvalue weighted by Gasteiger charge is -2.39. The number of hydrogen-bond donors (Lipinski definition) is 0. The molecule has 0 atom stereocenters. The van der Waals surface area contributed by atoms with Crippen molar-refractivity contribution in [3.8, 4) is 0 Å². The summed E-state index contributed by atoms with van der Waals surface area (Å²) in [6.45, 7) is 2.75. The fourth-order valence-corrected chi connectivity index (χ4v) is 4.93. The van der Waals surface area contributed by atoms with E-state index in [9.17, 15) is 9.18 Å². The molecule has 4 rings (SSSR count). The number of nitrogens with zero attached hydrogens (tertiary/aromatic N) is 2. The Balaban J connectivity index is 1.33. The van der Waals surface area contributed by atoms with Crippen molar-refractivity contribution in [3.63, 3.8) is 0 Å². The number of amides is 1. The largest absolute Gasteiger partial charge is 0.337 e.